The van der Waals surface area contributed by atoms with Gasteiger partial charge in [0.1, 0.15) is 23.8 Å². The molecule has 0 saturated carbocycles. The average Bonchev–Trinajstić information content (AvgIpc) is 2.73. The van der Waals surface area contributed by atoms with E-state index in [0.29, 0.717) is 19.1 Å². The van der Waals surface area contributed by atoms with Gasteiger partial charge in [0.25, 0.3) is 5.91 Å². The van der Waals surface area contributed by atoms with Crippen LogP contribution in [0.4, 0.5) is 11.6 Å². The second-order valence-corrected chi connectivity index (χ2v) is 5.99. The van der Waals surface area contributed by atoms with Crippen molar-refractivity contribution in [3.8, 4) is 11.5 Å². The summed E-state index contributed by atoms with van der Waals surface area (Å²) in [5.74, 6) is 1.61. The minimum absolute atomic E-state index is 0.283. The highest BCUT2D eigenvalue weighted by atomic mass is 16.5. The number of nitrogens with one attached hydrogen (secondary N) is 2. The maximum Gasteiger partial charge on any atom is 0.274 e. The minimum Gasteiger partial charge on any atom is -0.497 e. The summed E-state index contributed by atoms with van der Waals surface area (Å²) < 4.78 is 10.8. The molecule has 0 atom stereocenters. The van der Waals surface area contributed by atoms with Crippen molar-refractivity contribution in [2.24, 2.45) is 0 Å². The van der Waals surface area contributed by atoms with Crippen LogP contribution >= 0.6 is 0 Å². The third-order valence-corrected chi connectivity index (χ3v) is 3.99. The Morgan fingerprint density at radius 3 is 2.54 bits per heavy atom. The largest absolute Gasteiger partial charge is 0.497 e. The molecule has 0 aliphatic heterocycles. The van der Waals surface area contributed by atoms with Crippen molar-refractivity contribution < 1.29 is 14.3 Å². The number of benzene rings is 2. The van der Waals surface area contributed by atoms with Crippen molar-refractivity contribution >= 4 is 17.5 Å². The number of methoxy groups -OCH3 is 1. The van der Waals surface area contributed by atoms with Gasteiger partial charge in [0.15, 0.2) is 0 Å². The first-order valence-corrected chi connectivity index (χ1v) is 8.86. The van der Waals surface area contributed by atoms with E-state index in [2.05, 4.69) is 20.6 Å². The lowest BCUT2D eigenvalue weighted by Crippen LogP contribution is -2.17. The molecule has 0 unspecified atom stereocenters. The molecule has 0 saturated heterocycles. The zero-order chi connectivity index (χ0) is 19.8. The maximum absolute atomic E-state index is 12.4. The normalized spacial score (nSPS) is 10.2. The van der Waals surface area contributed by atoms with Gasteiger partial charge < -0.3 is 20.1 Å². The molecule has 0 spiro atoms. The third kappa shape index (κ3) is 5.20. The van der Waals surface area contributed by atoms with E-state index < -0.39 is 0 Å². The fourth-order valence-corrected chi connectivity index (χ4v) is 2.47. The van der Waals surface area contributed by atoms with E-state index >= 15 is 0 Å². The number of carbonyl (C=O) groups excluding carboxylic acids is 1. The quantitative estimate of drug-likeness (QED) is 0.583. The second kappa shape index (κ2) is 9.36. The first-order valence-electron chi connectivity index (χ1n) is 8.86. The Balaban J connectivity index is 1.51. The molecule has 0 fully saturated rings. The molecule has 1 heterocycles. The third-order valence-electron chi connectivity index (χ3n) is 3.99. The van der Waals surface area contributed by atoms with Gasteiger partial charge >= 0.3 is 0 Å². The zero-order valence-corrected chi connectivity index (χ0v) is 15.8. The van der Waals surface area contributed by atoms with Crippen LogP contribution in [0.3, 0.4) is 0 Å². The topological polar surface area (TPSA) is 85.4 Å². The van der Waals surface area contributed by atoms with Gasteiger partial charge in [-0.3, -0.25) is 4.79 Å². The lowest BCUT2D eigenvalue weighted by Gasteiger charge is -2.10. The Morgan fingerprint density at radius 2 is 1.79 bits per heavy atom. The number of aromatic nitrogens is 2. The number of aryl methyl sites for hydroxylation is 1. The first-order chi connectivity index (χ1) is 13.7. The molecule has 3 rings (SSSR count). The SMILES string of the molecule is COc1ccc(OCCNc2nccc(C(=O)Nc3ccccc3C)n2)cc1. The molecule has 0 aliphatic rings. The monoisotopic (exact) mass is 378 g/mol. The van der Waals surface area contributed by atoms with Crippen LogP contribution in [-0.2, 0) is 0 Å². The second-order valence-electron chi connectivity index (χ2n) is 5.99. The minimum atomic E-state index is -0.283. The summed E-state index contributed by atoms with van der Waals surface area (Å²) in [4.78, 5) is 20.8. The fourth-order valence-electron chi connectivity index (χ4n) is 2.47. The predicted molar refractivity (Wildman–Crippen MR) is 108 cm³/mol. The van der Waals surface area contributed by atoms with E-state index in [1.165, 1.54) is 0 Å². The summed E-state index contributed by atoms with van der Waals surface area (Å²) in [5.41, 5.74) is 2.03. The molecular weight excluding hydrogens is 356 g/mol. The summed E-state index contributed by atoms with van der Waals surface area (Å²) in [5, 5.41) is 5.92. The molecule has 7 heteroatoms. The molecule has 2 N–H and O–H groups in total. The van der Waals surface area contributed by atoms with Crippen molar-refractivity contribution in [3.63, 3.8) is 0 Å². The number of hydrogen-bond acceptors (Lipinski definition) is 6. The highest BCUT2D eigenvalue weighted by Gasteiger charge is 2.10. The molecule has 3 aromatic rings. The van der Waals surface area contributed by atoms with E-state index in [9.17, 15) is 4.79 Å². The Hall–Kier alpha value is -3.61. The highest BCUT2D eigenvalue weighted by Crippen LogP contribution is 2.17. The molecule has 28 heavy (non-hydrogen) atoms. The summed E-state index contributed by atoms with van der Waals surface area (Å²) in [6.45, 7) is 2.86. The molecule has 1 amide bonds. The smallest absolute Gasteiger partial charge is 0.274 e. The average molecular weight is 378 g/mol. The number of ether oxygens (including phenoxy) is 2. The van der Waals surface area contributed by atoms with Crippen molar-refractivity contribution in [2.75, 3.05) is 30.9 Å². The predicted octanol–water partition coefficient (Wildman–Crippen LogP) is 3.54. The van der Waals surface area contributed by atoms with Crippen LogP contribution in [0.25, 0.3) is 0 Å². The summed E-state index contributed by atoms with van der Waals surface area (Å²) >= 11 is 0. The Labute approximate surface area is 163 Å². The number of hydrogen-bond donors (Lipinski definition) is 2. The summed E-state index contributed by atoms with van der Waals surface area (Å²) in [6, 6.07) is 16.5. The van der Waals surface area contributed by atoms with Crippen LogP contribution in [0.2, 0.25) is 0 Å². The van der Waals surface area contributed by atoms with Gasteiger partial charge in [0.05, 0.1) is 13.7 Å². The Bertz CT molecular complexity index is 929. The summed E-state index contributed by atoms with van der Waals surface area (Å²) in [6.07, 6.45) is 1.55. The van der Waals surface area contributed by atoms with Crippen molar-refractivity contribution in [1.82, 2.24) is 9.97 Å². The van der Waals surface area contributed by atoms with E-state index in [0.717, 1.165) is 22.7 Å². The zero-order valence-electron chi connectivity index (χ0n) is 15.8. The van der Waals surface area contributed by atoms with E-state index in [1.807, 2.05) is 55.5 Å². The van der Waals surface area contributed by atoms with Gasteiger partial charge in [-0.05, 0) is 48.9 Å². The van der Waals surface area contributed by atoms with Crippen LogP contribution in [0.5, 0.6) is 11.5 Å². The molecule has 0 radical (unpaired) electrons. The number of amides is 1. The van der Waals surface area contributed by atoms with Gasteiger partial charge in [-0.25, -0.2) is 9.97 Å². The van der Waals surface area contributed by atoms with E-state index in [4.69, 9.17) is 9.47 Å². The van der Waals surface area contributed by atoms with Gasteiger partial charge in [0.2, 0.25) is 5.95 Å². The number of para-hydroxylation sites is 1. The molecule has 144 valence electrons. The number of anilines is 2. The lowest BCUT2D eigenvalue weighted by molar-refractivity contribution is 0.102. The van der Waals surface area contributed by atoms with Crippen molar-refractivity contribution in [3.05, 3.63) is 72.1 Å². The van der Waals surface area contributed by atoms with E-state index in [-0.39, 0.29) is 11.6 Å². The van der Waals surface area contributed by atoms with Gasteiger partial charge in [-0.1, -0.05) is 18.2 Å². The molecular formula is C21H22N4O3. The van der Waals surface area contributed by atoms with E-state index in [1.54, 1.807) is 19.4 Å². The summed E-state index contributed by atoms with van der Waals surface area (Å²) in [7, 11) is 1.62. The van der Waals surface area contributed by atoms with Crippen molar-refractivity contribution in [2.45, 2.75) is 6.92 Å². The molecule has 0 bridgehead atoms. The highest BCUT2D eigenvalue weighted by molar-refractivity contribution is 6.03. The number of nitrogens with zero attached hydrogens (tertiary/aromatic N) is 2. The maximum atomic E-state index is 12.4. The molecule has 2 aromatic carbocycles. The van der Waals surface area contributed by atoms with Crippen LogP contribution < -0.4 is 20.1 Å². The fraction of sp³-hybridized carbons (Fsp3) is 0.190. The number of rotatable bonds is 8. The molecule has 0 aliphatic carbocycles. The molecule has 7 nitrogen and oxygen atoms in total. The molecule has 1 aromatic heterocycles. The van der Waals surface area contributed by atoms with Crippen LogP contribution in [-0.4, -0.2) is 36.1 Å². The Morgan fingerprint density at radius 1 is 1.04 bits per heavy atom. The Kier molecular flexibility index (Phi) is 6.41. The van der Waals surface area contributed by atoms with Crippen LogP contribution in [0, 0.1) is 6.92 Å². The van der Waals surface area contributed by atoms with Gasteiger partial charge in [-0.15, -0.1) is 0 Å². The van der Waals surface area contributed by atoms with Crippen LogP contribution in [0.1, 0.15) is 16.1 Å². The van der Waals surface area contributed by atoms with Crippen molar-refractivity contribution in [1.29, 1.82) is 0 Å². The first kappa shape index (κ1) is 19.2. The van der Waals surface area contributed by atoms with Gasteiger partial charge in [-0.2, -0.15) is 0 Å². The van der Waals surface area contributed by atoms with Gasteiger partial charge in [0, 0.05) is 11.9 Å². The standard InChI is InChI=1S/C21H22N4O3/c1-15-5-3-4-6-18(15)24-20(26)19-11-12-22-21(25-19)23-13-14-28-17-9-7-16(27-2)8-10-17/h3-12H,13-14H2,1-2H3,(H,24,26)(H,22,23,25). The lowest BCUT2D eigenvalue weighted by atomic mass is 10.2. The van der Waals surface area contributed by atoms with Crippen LogP contribution in [0.15, 0.2) is 60.8 Å². The number of carbonyl (C=O) groups is 1.